The van der Waals surface area contributed by atoms with Crippen molar-refractivity contribution in [2.45, 2.75) is 33.2 Å². The van der Waals surface area contributed by atoms with E-state index in [4.69, 9.17) is 0 Å². The van der Waals surface area contributed by atoms with Gasteiger partial charge in [0.2, 0.25) is 0 Å². The number of pyridine rings is 1. The summed E-state index contributed by atoms with van der Waals surface area (Å²) < 4.78 is 2.84. The van der Waals surface area contributed by atoms with Gasteiger partial charge in [0.05, 0.1) is 0 Å². The van der Waals surface area contributed by atoms with Crippen LogP contribution in [0, 0.1) is 19.8 Å². The number of hydrogen-bond acceptors (Lipinski definition) is 1. The Labute approximate surface area is 108 Å². The fourth-order valence-electron chi connectivity index (χ4n) is 2.30. The quantitative estimate of drug-likeness (QED) is 0.908. The molecule has 1 fully saturated rings. The number of rotatable bonds is 2. The standard InChI is InChI=1S/C13H15BrN2O/c1-7-8(2)15-12-11(7)10(14)6-16(13(12)17)5-9-3-4-9/h6,9,15H,3-5H2,1-2H3. The molecule has 0 unspecified atom stereocenters. The average Bonchev–Trinajstić information content (AvgIpc) is 3.03. The Morgan fingerprint density at radius 2 is 2.18 bits per heavy atom. The van der Waals surface area contributed by atoms with Gasteiger partial charge in [0, 0.05) is 28.3 Å². The highest BCUT2D eigenvalue weighted by molar-refractivity contribution is 9.10. The third-order valence-electron chi connectivity index (χ3n) is 3.63. The molecule has 3 rings (SSSR count). The first-order valence-electron chi connectivity index (χ1n) is 5.95. The van der Waals surface area contributed by atoms with Crippen LogP contribution in [-0.4, -0.2) is 9.55 Å². The Kier molecular flexibility index (Phi) is 2.43. The molecule has 0 saturated heterocycles. The molecule has 3 nitrogen and oxygen atoms in total. The van der Waals surface area contributed by atoms with Crippen LogP contribution in [0.1, 0.15) is 24.1 Å². The van der Waals surface area contributed by atoms with Crippen LogP contribution in [0.4, 0.5) is 0 Å². The summed E-state index contributed by atoms with van der Waals surface area (Å²) in [5.74, 6) is 0.703. The highest BCUT2D eigenvalue weighted by atomic mass is 79.9. The molecule has 1 saturated carbocycles. The molecule has 0 aromatic carbocycles. The van der Waals surface area contributed by atoms with Crippen LogP contribution in [0.2, 0.25) is 0 Å². The first-order valence-corrected chi connectivity index (χ1v) is 6.75. The SMILES string of the molecule is Cc1[nH]c2c(=O)n(CC3CC3)cc(Br)c2c1C. The van der Waals surface area contributed by atoms with Crippen LogP contribution in [0.25, 0.3) is 10.9 Å². The van der Waals surface area contributed by atoms with Crippen molar-refractivity contribution in [3.05, 3.63) is 32.3 Å². The third kappa shape index (κ3) is 1.75. The van der Waals surface area contributed by atoms with E-state index in [1.54, 1.807) is 0 Å². The predicted molar refractivity (Wildman–Crippen MR) is 72.5 cm³/mol. The highest BCUT2D eigenvalue weighted by Crippen LogP contribution is 2.31. The van der Waals surface area contributed by atoms with Crippen molar-refractivity contribution in [1.82, 2.24) is 9.55 Å². The van der Waals surface area contributed by atoms with Gasteiger partial charge in [0.15, 0.2) is 0 Å². The Morgan fingerprint density at radius 3 is 2.82 bits per heavy atom. The first-order chi connectivity index (χ1) is 8.08. The maximum absolute atomic E-state index is 12.3. The van der Waals surface area contributed by atoms with E-state index < -0.39 is 0 Å². The normalized spacial score (nSPS) is 15.7. The largest absolute Gasteiger partial charge is 0.354 e. The fraction of sp³-hybridized carbons (Fsp3) is 0.462. The van der Waals surface area contributed by atoms with Crippen LogP contribution in [-0.2, 0) is 6.54 Å². The summed E-state index contributed by atoms with van der Waals surface area (Å²) in [5, 5.41) is 1.03. The smallest absolute Gasteiger partial charge is 0.274 e. The number of aromatic nitrogens is 2. The molecule has 2 heterocycles. The number of H-pyrrole nitrogens is 1. The lowest BCUT2D eigenvalue weighted by Gasteiger charge is -2.06. The van der Waals surface area contributed by atoms with Crippen LogP contribution < -0.4 is 5.56 Å². The maximum atomic E-state index is 12.3. The lowest BCUT2D eigenvalue weighted by molar-refractivity contribution is 0.609. The van der Waals surface area contributed by atoms with Gasteiger partial charge in [0.25, 0.3) is 5.56 Å². The van der Waals surface area contributed by atoms with Gasteiger partial charge < -0.3 is 9.55 Å². The average molecular weight is 295 g/mol. The molecule has 0 bridgehead atoms. The van der Waals surface area contributed by atoms with Gasteiger partial charge in [-0.2, -0.15) is 0 Å². The highest BCUT2D eigenvalue weighted by Gasteiger charge is 2.23. The summed E-state index contributed by atoms with van der Waals surface area (Å²) in [6, 6.07) is 0. The molecule has 4 heteroatoms. The van der Waals surface area contributed by atoms with Crippen LogP contribution in [0.3, 0.4) is 0 Å². The van der Waals surface area contributed by atoms with E-state index >= 15 is 0 Å². The van der Waals surface area contributed by atoms with Crippen LogP contribution >= 0.6 is 15.9 Å². The molecule has 0 radical (unpaired) electrons. The van der Waals surface area contributed by atoms with Gasteiger partial charge in [-0.05, 0) is 54.1 Å². The molecule has 1 N–H and O–H groups in total. The van der Waals surface area contributed by atoms with Gasteiger partial charge in [-0.15, -0.1) is 0 Å². The molecule has 2 aromatic rings. The number of nitrogens with zero attached hydrogens (tertiary/aromatic N) is 1. The van der Waals surface area contributed by atoms with E-state index in [9.17, 15) is 4.79 Å². The zero-order valence-electron chi connectivity index (χ0n) is 10.0. The van der Waals surface area contributed by atoms with Crippen molar-refractivity contribution >= 4 is 26.8 Å². The molecule has 90 valence electrons. The molecule has 1 aliphatic rings. The van der Waals surface area contributed by atoms with Crippen LogP contribution in [0.15, 0.2) is 15.5 Å². The van der Waals surface area contributed by atoms with Crippen molar-refractivity contribution in [1.29, 1.82) is 0 Å². The maximum Gasteiger partial charge on any atom is 0.274 e. The number of hydrogen-bond donors (Lipinski definition) is 1. The number of aromatic amines is 1. The molecule has 1 aliphatic carbocycles. The van der Waals surface area contributed by atoms with E-state index in [2.05, 4.69) is 20.9 Å². The minimum Gasteiger partial charge on any atom is -0.354 e. The molecule has 0 amide bonds. The summed E-state index contributed by atoms with van der Waals surface area (Å²) in [6.45, 7) is 4.90. The summed E-state index contributed by atoms with van der Waals surface area (Å²) >= 11 is 3.58. The van der Waals surface area contributed by atoms with Crippen molar-refractivity contribution in [2.75, 3.05) is 0 Å². The van der Waals surface area contributed by atoms with Crippen molar-refractivity contribution in [2.24, 2.45) is 5.92 Å². The number of halogens is 1. The van der Waals surface area contributed by atoms with Gasteiger partial charge in [-0.25, -0.2) is 0 Å². The molecule has 0 atom stereocenters. The van der Waals surface area contributed by atoms with Crippen molar-refractivity contribution in [3.63, 3.8) is 0 Å². The Morgan fingerprint density at radius 1 is 1.47 bits per heavy atom. The number of aryl methyl sites for hydroxylation is 2. The van der Waals surface area contributed by atoms with E-state index in [-0.39, 0.29) is 5.56 Å². The first kappa shape index (κ1) is 11.1. The van der Waals surface area contributed by atoms with Crippen LogP contribution in [0.5, 0.6) is 0 Å². The number of nitrogens with one attached hydrogen (secondary N) is 1. The third-order valence-corrected chi connectivity index (χ3v) is 4.24. The summed E-state index contributed by atoms with van der Waals surface area (Å²) in [5.41, 5.74) is 3.06. The molecule has 2 aromatic heterocycles. The second kappa shape index (κ2) is 3.73. The Balaban J connectivity index is 2.26. The summed E-state index contributed by atoms with van der Waals surface area (Å²) in [4.78, 5) is 15.5. The minimum atomic E-state index is 0.103. The lowest BCUT2D eigenvalue weighted by atomic mass is 10.2. The zero-order valence-corrected chi connectivity index (χ0v) is 11.6. The summed E-state index contributed by atoms with van der Waals surface area (Å²) in [6.07, 6.45) is 4.44. The zero-order chi connectivity index (χ0) is 12.2. The van der Waals surface area contributed by atoms with E-state index in [1.807, 2.05) is 24.6 Å². The van der Waals surface area contributed by atoms with Gasteiger partial charge >= 0.3 is 0 Å². The second-order valence-electron chi connectivity index (χ2n) is 5.00. The van der Waals surface area contributed by atoms with E-state index in [0.717, 1.165) is 33.2 Å². The van der Waals surface area contributed by atoms with Gasteiger partial charge in [0.1, 0.15) is 5.52 Å². The molecular weight excluding hydrogens is 280 g/mol. The predicted octanol–water partition coefficient (Wildman–Crippen LogP) is 3.12. The minimum absolute atomic E-state index is 0.103. The van der Waals surface area contributed by atoms with Gasteiger partial charge in [-0.3, -0.25) is 4.79 Å². The Bertz CT molecular complexity index is 649. The summed E-state index contributed by atoms with van der Waals surface area (Å²) in [7, 11) is 0. The van der Waals surface area contributed by atoms with Crippen molar-refractivity contribution in [3.8, 4) is 0 Å². The lowest BCUT2D eigenvalue weighted by Crippen LogP contribution is -2.20. The fourth-order valence-corrected chi connectivity index (χ4v) is 3.04. The number of fused-ring (bicyclic) bond motifs is 1. The van der Waals surface area contributed by atoms with E-state index in [1.165, 1.54) is 12.8 Å². The second-order valence-corrected chi connectivity index (χ2v) is 5.86. The monoisotopic (exact) mass is 294 g/mol. The molecule has 0 spiro atoms. The van der Waals surface area contributed by atoms with Gasteiger partial charge in [-0.1, -0.05) is 0 Å². The molecule has 17 heavy (non-hydrogen) atoms. The van der Waals surface area contributed by atoms with E-state index in [0.29, 0.717) is 5.92 Å². The Hall–Kier alpha value is -1.03. The molecule has 0 aliphatic heterocycles. The van der Waals surface area contributed by atoms with Crippen molar-refractivity contribution < 1.29 is 0 Å². The molecular formula is C13H15BrN2O. The topological polar surface area (TPSA) is 37.8 Å².